The lowest BCUT2D eigenvalue weighted by Gasteiger charge is -2.35. The van der Waals surface area contributed by atoms with Crippen LogP contribution in [0.3, 0.4) is 0 Å². The number of amides is 1. The van der Waals surface area contributed by atoms with Gasteiger partial charge in [0.15, 0.2) is 5.69 Å². The first kappa shape index (κ1) is 18.3. The molecular formula is C18H31N5O2. The average Bonchev–Trinajstić information content (AvgIpc) is 3.13. The molecule has 7 heteroatoms. The second-order valence-electron chi connectivity index (χ2n) is 7.48. The molecular weight excluding hydrogens is 318 g/mol. The van der Waals surface area contributed by atoms with E-state index in [0.29, 0.717) is 24.7 Å². The number of hydrogen-bond acceptors (Lipinski definition) is 5. The number of carbonyl (C=O) groups excluding carboxylic acids is 1. The molecule has 3 rings (SSSR count). The van der Waals surface area contributed by atoms with Crippen LogP contribution in [-0.2, 0) is 0 Å². The number of piperidine rings is 1. The standard InChI is InChI=1S/C18H31N5O2/c24-11-5-9-19-18(25)17-14-23(21-20-17)16-8-4-10-22(13-16)12-15-6-2-1-3-7-15/h14-16,24H,1-13H2,(H,19,25). The molecule has 1 amide bonds. The van der Waals surface area contributed by atoms with E-state index in [2.05, 4.69) is 20.5 Å². The number of hydrogen-bond donors (Lipinski definition) is 2. The number of aliphatic hydroxyl groups is 1. The van der Waals surface area contributed by atoms with Crippen LogP contribution >= 0.6 is 0 Å². The molecule has 2 N–H and O–H groups in total. The van der Waals surface area contributed by atoms with Crippen molar-refractivity contribution in [1.29, 1.82) is 0 Å². The Balaban J connectivity index is 1.51. The molecule has 1 aliphatic carbocycles. The van der Waals surface area contributed by atoms with Crippen molar-refractivity contribution < 1.29 is 9.90 Å². The van der Waals surface area contributed by atoms with Gasteiger partial charge >= 0.3 is 0 Å². The fourth-order valence-electron chi connectivity index (χ4n) is 4.08. The van der Waals surface area contributed by atoms with E-state index in [1.165, 1.54) is 51.6 Å². The van der Waals surface area contributed by atoms with Crippen LogP contribution in [0.4, 0.5) is 0 Å². The summed E-state index contributed by atoms with van der Waals surface area (Å²) in [7, 11) is 0. The summed E-state index contributed by atoms with van der Waals surface area (Å²) in [6.45, 7) is 3.92. The molecule has 7 nitrogen and oxygen atoms in total. The number of likely N-dealkylation sites (tertiary alicyclic amines) is 1. The Hall–Kier alpha value is -1.47. The molecule has 1 unspecified atom stereocenters. The van der Waals surface area contributed by atoms with Gasteiger partial charge in [-0.1, -0.05) is 24.5 Å². The molecule has 0 aromatic carbocycles. The van der Waals surface area contributed by atoms with E-state index in [1.54, 1.807) is 6.20 Å². The second kappa shape index (κ2) is 9.29. The summed E-state index contributed by atoms with van der Waals surface area (Å²) in [6, 6.07) is 0.309. The number of aliphatic hydroxyl groups excluding tert-OH is 1. The molecule has 0 bridgehead atoms. The third-order valence-corrected chi connectivity index (χ3v) is 5.46. The van der Waals surface area contributed by atoms with Gasteiger partial charge in [0, 0.05) is 26.2 Å². The van der Waals surface area contributed by atoms with Crippen molar-refractivity contribution in [2.45, 2.75) is 57.4 Å². The second-order valence-corrected chi connectivity index (χ2v) is 7.48. The van der Waals surface area contributed by atoms with Gasteiger partial charge in [0.1, 0.15) is 0 Å². The van der Waals surface area contributed by atoms with Crippen molar-refractivity contribution in [1.82, 2.24) is 25.2 Å². The largest absolute Gasteiger partial charge is 0.396 e. The molecule has 1 aromatic heterocycles. The average molecular weight is 349 g/mol. The summed E-state index contributed by atoms with van der Waals surface area (Å²) in [5, 5.41) is 19.8. The molecule has 1 atom stereocenters. The summed E-state index contributed by atoms with van der Waals surface area (Å²) in [6.07, 6.45) is 11.5. The van der Waals surface area contributed by atoms with E-state index in [0.717, 1.165) is 18.9 Å². The normalized spacial score (nSPS) is 22.8. The molecule has 25 heavy (non-hydrogen) atoms. The van der Waals surface area contributed by atoms with Gasteiger partial charge in [-0.3, -0.25) is 4.79 Å². The molecule has 2 fully saturated rings. The minimum Gasteiger partial charge on any atom is -0.396 e. The van der Waals surface area contributed by atoms with Crippen molar-refractivity contribution in [3.63, 3.8) is 0 Å². The topological polar surface area (TPSA) is 83.3 Å². The van der Waals surface area contributed by atoms with E-state index in [-0.39, 0.29) is 12.5 Å². The predicted octanol–water partition coefficient (Wildman–Crippen LogP) is 1.61. The van der Waals surface area contributed by atoms with E-state index in [1.807, 2.05) is 4.68 Å². The first-order valence-corrected chi connectivity index (χ1v) is 9.79. The number of carbonyl (C=O) groups is 1. The van der Waals surface area contributed by atoms with Crippen LogP contribution in [0.15, 0.2) is 6.20 Å². The van der Waals surface area contributed by atoms with E-state index in [4.69, 9.17) is 5.11 Å². The zero-order valence-corrected chi connectivity index (χ0v) is 15.1. The van der Waals surface area contributed by atoms with Crippen LogP contribution in [0.25, 0.3) is 0 Å². The minimum absolute atomic E-state index is 0.0753. The summed E-state index contributed by atoms with van der Waals surface area (Å²) >= 11 is 0. The van der Waals surface area contributed by atoms with Gasteiger partial charge in [-0.2, -0.15) is 0 Å². The van der Waals surface area contributed by atoms with Gasteiger partial charge in [0.2, 0.25) is 0 Å². The zero-order valence-electron chi connectivity index (χ0n) is 15.1. The van der Waals surface area contributed by atoms with Crippen molar-refractivity contribution in [3.8, 4) is 0 Å². The maximum Gasteiger partial charge on any atom is 0.273 e. The van der Waals surface area contributed by atoms with Crippen LogP contribution < -0.4 is 5.32 Å². The number of aromatic nitrogens is 3. The van der Waals surface area contributed by atoms with Crippen LogP contribution in [0.1, 0.15) is 67.9 Å². The smallest absolute Gasteiger partial charge is 0.273 e. The maximum absolute atomic E-state index is 12.0. The number of nitrogens with one attached hydrogen (secondary N) is 1. The van der Waals surface area contributed by atoms with E-state index in [9.17, 15) is 4.79 Å². The highest BCUT2D eigenvalue weighted by molar-refractivity contribution is 5.91. The number of rotatable bonds is 7. The van der Waals surface area contributed by atoms with Crippen molar-refractivity contribution in [3.05, 3.63) is 11.9 Å². The quantitative estimate of drug-likeness (QED) is 0.731. The van der Waals surface area contributed by atoms with Crippen molar-refractivity contribution in [2.75, 3.05) is 32.8 Å². The molecule has 1 aromatic rings. The van der Waals surface area contributed by atoms with Crippen LogP contribution in [0.5, 0.6) is 0 Å². The molecule has 1 saturated carbocycles. The summed E-state index contributed by atoms with van der Waals surface area (Å²) in [4.78, 5) is 14.6. The Morgan fingerprint density at radius 1 is 1.24 bits per heavy atom. The predicted molar refractivity (Wildman–Crippen MR) is 95.3 cm³/mol. The highest BCUT2D eigenvalue weighted by Gasteiger charge is 2.25. The SMILES string of the molecule is O=C(NCCCO)c1cn(C2CCCN(CC3CCCCC3)C2)nn1. The van der Waals surface area contributed by atoms with Gasteiger partial charge in [-0.15, -0.1) is 5.10 Å². The Bertz CT molecular complexity index is 541. The maximum atomic E-state index is 12.0. The number of nitrogens with zero attached hydrogens (tertiary/aromatic N) is 4. The minimum atomic E-state index is -0.213. The molecule has 0 spiro atoms. The Morgan fingerprint density at radius 3 is 2.88 bits per heavy atom. The molecule has 140 valence electrons. The monoisotopic (exact) mass is 349 g/mol. The first-order chi connectivity index (χ1) is 12.3. The summed E-state index contributed by atoms with van der Waals surface area (Å²) in [5.74, 6) is 0.644. The summed E-state index contributed by atoms with van der Waals surface area (Å²) < 4.78 is 1.87. The van der Waals surface area contributed by atoms with Gasteiger partial charge in [-0.25, -0.2) is 4.68 Å². The van der Waals surface area contributed by atoms with Crippen LogP contribution in [-0.4, -0.2) is 63.7 Å². The van der Waals surface area contributed by atoms with Gasteiger partial charge in [-0.05, 0) is 44.6 Å². The molecule has 1 aliphatic heterocycles. The van der Waals surface area contributed by atoms with Crippen molar-refractivity contribution >= 4 is 5.91 Å². The lowest BCUT2D eigenvalue weighted by atomic mass is 9.88. The summed E-state index contributed by atoms with van der Waals surface area (Å²) in [5.41, 5.74) is 0.363. The van der Waals surface area contributed by atoms with Crippen molar-refractivity contribution in [2.24, 2.45) is 5.92 Å². The lowest BCUT2D eigenvalue weighted by Crippen LogP contribution is -2.40. The third kappa shape index (κ3) is 5.25. The van der Waals surface area contributed by atoms with Crippen LogP contribution in [0.2, 0.25) is 0 Å². The van der Waals surface area contributed by atoms with Gasteiger partial charge in [0.05, 0.1) is 12.2 Å². The Morgan fingerprint density at radius 2 is 2.08 bits per heavy atom. The van der Waals surface area contributed by atoms with E-state index >= 15 is 0 Å². The first-order valence-electron chi connectivity index (χ1n) is 9.79. The Labute approximate surface area is 149 Å². The van der Waals surface area contributed by atoms with Gasteiger partial charge in [0.25, 0.3) is 5.91 Å². The van der Waals surface area contributed by atoms with Gasteiger partial charge < -0.3 is 15.3 Å². The fourth-order valence-corrected chi connectivity index (χ4v) is 4.08. The molecule has 2 heterocycles. The molecule has 0 radical (unpaired) electrons. The van der Waals surface area contributed by atoms with Crippen LogP contribution in [0, 0.1) is 5.92 Å². The van der Waals surface area contributed by atoms with E-state index < -0.39 is 0 Å². The fraction of sp³-hybridized carbons (Fsp3) is 0.833. The lowest BCUT2D eigenvalue weighted by molar-refractivity contribution is 0.0946. The molecule has 1 saturated heterocycles. The zero-order chi connectivity index (χ0) is 17.5. The highest BCUT2D eigenvalue weighted by atomic mass is 16.3. The third-order valence-electron chi connectivity index (χ3n) is 5.46. The molecule has 2 aliphatic rings. The highest BCUT2D eigenvalue weighted by Crippen LogP contribution is 2.27. The Kier molecular flexibility index (Phi) is 6.81.